The van der Waals surface area contributed by atoms with Crippen LogP contribution in [0.2, 0.25) is 0 Å². The van der Waals surface area contributed by atoms with E-state index in [0.717, 1.165) is 11.4 Å². The number of nitro groups is 1. The second kappa shape index (κ2) is 4.34. The van der Waals surface area contributed by atoms with Crippen molar-refractivity contribution in [1.82, 2.24) is 15.0 Å². The van der Waals surface area contributed by atoms with Crippen LogP contribution in [-0.4, -0.2) is 19.9 Å². The van der Waals surface area contributed by atoms with E-state index in [9.17, 15) is 10.1 Å². The quantitative estimate of drug-likeness (QED) is 0.581. The Morgan fingerprint density at radius 3 is 2.45 bits per heavy atom. The molecule has 2 aromatic heterocycles. The normalized spacial score (nSPS) is 10.9. The summed E-state index contributed by atoms with van der Waals surface area (Å²) in [6, 6.07) is 6.89. The fraction of sp³-hybridized carbons (Fsp3) is 0.167. The van der Waals surface area contributed by atoms with E-state index < -0.39 is 4.92 Å². The van der Waals surface area contributed by atoms with Gasteiger partial charge < -0.3 is 0 Å². The Hall–Kier alpha value is -2.90. The first-order chi connectivity index (χ1) is 9.58. The van der Waals surface area contributed by atoms with Crippen molar-refractivity contribution in [3.05, 3.63) is 45.8 Å². The second-order valence-electron chi connectivity index (χ2n) is 4.41. The maximum atomic E-state index is 10.9. The number of hydrogen-bond donors (Lipinski definition) is 1. The van der Waals surface area contributed by atoms with Crippen LogP contribution in [0.3, 0.4) is 0 Å². The number of aromatic nitrogens is 3. The van der Waals surface area contributed by atoms with Gasteiger partial charge in [0.25, 0.3) is 0 Å². The molecule has 102 valence electrons. The Balaban J connectivity index is 2.12. The van der Waals surface area contributed by atoms with Crippen molar-refractivity contribution in [2.45, 2.75) is 13.8 Å². The van der Waals surface area contributed by atoms with Gasteiger partial charge in [-0.05, 0) is 42.4 Å². The molecule has 0 unspecified atom stereocenters. The average Bonchev–Trinajstić information content (AvgIpc) is 3.00. The largest absolute Gasteiger partial charge is 0.300 e. The molecule has 1 aromatic carbocycles. The van der Waals surface area contributed by atoms with Gasteiger partial charge >= 0.3 is 5.69 Å². The molecule has 8 nitrogen and oxygen atoms in total. The lowest BCUT2D eigenvalue weighted by Crippen LogP contribution is -2.12. The Kier molecular flexibility index (Phi) is 2.63. The Morgan fingerprint density at radius 2 is 1.80 bits per heavy atom. The predicted molar refractivity (Wildman–Crippen MR) is 71.4 cm³/mol. The minimum atomic E-state index is -0.511. The average molecular weight is 273 g/mol. The van der Waals surface area contributed by atoms with Crippen LogP contribution in [0.25, 0.3) is 11.0 Å². The van der Waals surface area contributed by atoms with Crippen LogP contribution >= 0.6 is 0 Å². The van der Waals surface area contributed by atoms with Gasteiger partial charge in [0.15, 0.2) is 5.52 Å². The number of nitro benzene ring substituents is 1. The van der Waals surface area contributed by atoms with Crippen molar-refractivity contribution in [3.8, 4) is 0 Å². The molecule has 0 amide bonds. The highest BCUT2D eigenvalue weighted by molar-refractivity contribution is 5.93. The van der Waals surface area contributed by atoms with Crippen molar-refractivity contribution in [3.63, 3.8) is 0 Å². The summed E-state index contributed by atoms with van der Waals surface area (Å²) < 4.78 is 6.48. The van der Waals surface area contributed by atoms with E-state index in [-0.39, 0.29) is 11.2 Å². The molecule has 2 heterocycles. The fourth-order valence-electron chi connectivity index (χ4n) is 2.06. The number of nitrogens with one attached hydrogen (secondary N) is 1. The highest BCUT2D eigenvalue weighted by Crippen LogP contribution is 2.29. The zero-order chi connectivity index (χ0) is 14.3. The van der Waals surface area contributed by atoms with E-state index in [1.165, 1.54) is 6.07 Å². The van der Waals surface area contributed by atoms with Gasteiger partial charge in [-0.15, -0.1) is 0 Å². The van der Waals surface area contributed by atoms with Crippen molar-refractivity contribution >= 4 is 22.4 Å². The molecule has 8 heteroatoms. The molecule has 0 aliphatic rings. The van der Waals surface area contributed by atoms with Crippen molar-refractivity contribution in [2.24, 2.45) is 0 Å². The maximum Gasteiger partial charge on any atom is 0.300 e. The molecule has 20 heavy (non-hydrogen) atoms. The zero-order valence-electron chi connectivity index (χ0n) is 10.8. The molecule has 0 atom stereocenters. The van der Waals surface area contributed by atoms with Crippen LogP contribution in [0.4, 0.5) is 11.4 Å². The predicted octanol–water partition coefficient (Wildman–Crippen LogP) is 2.42. The molecule has 0 bridgehead atoms. The van der Waals surface area contributed by atoms with Gasteiger partial charge in [-0.1, -0.05) is 0 Å². The van der Waals surface area contributed by atoms with Gasteiger partial charge in [0.1, 0.15) is 0 Å². The van der Waals surface area contributed by atoms with Gasteiger partial charge in [-0.2, -0.15) is 0 Å². The van der Waals surface area contributed by atoms with Crippen molar-refractivity contribution in [1.29, 1.82) is 0 Å². The van der Waals surface area contributed by atoms with Crippen molar-refractivity contribution in [2.75, 3.05) is 5.43 Å². The molecule has 0 saturated heterocycles. The molecule has 0 fully saturated rings. The summed E-state index contributed by atoms with van der Waals surface area (Å²) in [5.41, 5.74) is 6.07. The van der Waals surface area contributed by atoms with Crippen LogP contribution in [0, 0.1) is 24.0 Å². The Morgan fingerprint density at radius 1 is 1.15 bits per heavy atom. The van der Waals surface area contributed by atoms with Crippen LogP contribution < -0.4 is 5.43 Å². The molecular formula is C12H11N5O3. The highest BCUT2D eigenvalue weighted by Gasteiger charge is 2.19. The van der Waals surface area contributed by atoms with E-state index in [1.807, 2.05) is 30.7 Å². The molecule has 0 aliphatic heterocycles. The lowest BCUT2D eigenvalue weighted by atomic mass is 10.2. The van der Waals surface area contributed by atoms with Gasteiger partial charge in [0.2, 0.25) is 5.52 Å². The monoisotopic (exact) mass is 273 g/mol. The third-order valence-corrected chi connectivity index (χ3v) is 3.09. The number of non-ortho nitro benzene ring substituents is 1. The summed E-state index contributed by atoms with van der Waals surface area (Å²) in [4.78, 5) is 10.4. The number of hydrogen-bond acceptors (Lipinski definition) is 6. The van der Waals surface area contributed by atoms with Gasteiger partial charge in [-0.25, -0.2) is 4.63 Å². The maximum absolute atomic E-state index is 10.9. The molecule has 0 saturated carbocycles. The van der Waals surface area contributed by atoms with Crippen LogP contribution in [0.15, 0.2) is 28.9 Å². The molecule has 1 N–H and O–H groups in total. The Labute approximate surface area is 113 Å². The van der Waals surface area contributed by atoms with E-state index in [1.54, 1.807) is 6.07 Å². The standard InChI is InChI=1S/C12H11N5O3/c1-7-3-4-8(2)16(7)13-9-5-6-10(17(18)19)12-11(9)14-20-15-12/h3-6,13H,1-2H3. The first kappa shape index (κ1) is 12.2. The van der Waals surface area contributed by atoms with E-state index in [2.05, 4.69) is 20.4 Å². The minimum Gasteiger partial charge on any atom is -0.292 e. The van der Waals surface area contributed by atoms with E-state index >= 15 is 0 Å². The van der Waals surface area contributed by atoms with Gasteiger partial charge in [0, 0.05) is 17.5 Å². The third kappa shape index (κ3) is 1.78. The number of rotatable bonds is 3. The number of fused-ring (bicyclic) bond motifs is 1. The van der Waals surface area contributed by atoms with Crippen LogP contribution in [0.1, 0.15) is 11.4 Å². The summed E-state index contributed by atoms with van der Waals surface area (Å²) >= 11 is 0. The summed E-state index contributed by atoms with van der Waals surface area (Å²) in [5.74, 6) is 0. The number of benzene rings is 1. The first-order valence-electron chi connectivity index (χ1n) is 5.89. The van der Waals surface area contributed by atoms with E-state index in [0.29, 0.717) is 11.2 Å². The molecule has 0 radical (unpaired) electrons. The van der Waals surface area contributed by atoms with E-state index in [4.69, 9.17) is 0 Å². The second-order valence-corrected chi connectivity index (χ2v) is 4.41. The molecule has 0 aliphatic carbocycles. The number of aryl methyl sites for hydroxylation is 2. The number of nitrogens with zero attached hydrogens (tertiary/aromatic N) is 4. The molecular weight excluding hydrogens is 262 g/mol. The molecule has 3 aromatic rings. The Bertz CT molecular complexity index is 785. The summed E-state index contributed by atoms with van der Waals surface area (Å²) in [7, 11) is 0. The first-order valence-corrected chi connectivity index (χ1v) is 5.89. The lowest BCUT2D eigenvalue weighted by molar-refractivity contribution is -0.383. The summed E-state index contributed by atoms with van der Waals surface area (Å²) in [6.07, 6.45) is 0. The minimum absolute atomic E-state index is 0.127. The lowest BCUT2D eigenvalue weighted by Gasteiger charge is -2.12. The smallest absolute Gasteiger partial charge is 0.292 e. The molecule has 0 spiro atoms. The van der Waals surface area contributed by atoms with Crippen LogP contribution in [-0.2, 0) is 0 Å². The van der Waals surface area contributed by atoms with Gasteiger partial charge in [-0.3, -0.25) is 20.2 Å². The zero-order valence-corrected chi connectivity index (χ0v) is 10.8. The highest BCUT2D eigenvalue weighted by atomic mass is 16.6. The van der Waals surface area contributed by atoms with Crippen molar-refractivity contribution < 1.29 is 9.55 Å². The topological polar surface area (TPSA) is 99.0 Å². The fourth-order valence-corrected chi connectivity index (χ4v) is 2.06. The molecule has 3 rings (SSSR count). The number of anilines is 1. The third-order valence-electron chi connectivity index (χ3n) is 3.09. The van der Waals surface area contributed by atoms with Crippen LogP contribution in [0.5, 0.6) is 0 Å². The summed E-state index contributed by atoms with van der Waals surface area (Å²) in [5, 5.41) is 18.3. The summed E-state index contributed by atoms with van der Waals surface area (Å²) in [6.45, 7) is 3.90. The van der Waals surface area contributed by atoms with Gasteiger partial charge in [0.05, 0.1) is 10.6 Å². The SMILES string of the molecule is Cc1ccc(C)n1Nc1ccc([N+](=O)[O-])c2nonc12.